The summed E-state index contributed by atoms with van der Waals surface area (Å²) in [5.41, 5.74) is 2.05. The number of fused-ring (bicyclic) bond motifs is 1. The number of aromatic nitrogens is 2. The zero-order valence-corrected chi connectivity index (χ0v) is 20.1. The van der Waals surface area contributed by atoms with Crippen LogP contribution in [-0.4, -0.2) is 91.9 Å². The molecule has 0 atom stereocenters. The molecular weight excluding hydrogens is 438 g/mol. The molecule has 2 saturated heterocycles. The highest BCUT2D eigenvalue weighted by Crippen LogP contribution is 2.33. The van der Waals surface area contributed by atoms with E-state index in [0.29, 0.717) is 17.6 Å². The molecule has 1 aromatic carbocycles. The van der Waals surface area contributed by atoms with Crippen molar-refractivity contribution in [3.8, 4) is 17.1 Å². The number of ether oxygens (including phenoxy) is 2. The van der Waals surface area contributed by atoms with Gasteiger partial charge in [-0.25, -0.2) is 9.97 Å². The summed E-state index contributed by atoms with van der Waals surface area (Å²) in [4.78, 5) is 16.9. The second kappa shape index (κ2) is 11.0. The van der Waals surface area contributed by atoms with E-state index in [1.165, 1.54) is 32.5 Å². The Kier molecular flexibility index (Phi) is 7.61. The maximum Gasteiger partial charge on any atom is 0.163 e. The first-order chi connectivity index (χ1) is 16.3. The SMILES string of the molecule is Clc1nc(-c2ccc(OCCN3CCOCC3)cc2)nc2c1CCN2CCCN1CCCC1. The van der Waals surface area contributed by atoms with Gasteiger partial charge in [0.25, 0.3) is 0 Å². The van der Waals surface area contributed by atoms with Crippen LogP contribution in [0.4, 0.5) is 5.82 Å². The van der Waals surface area contributed by atoms with E-state index < -0.39 is 0 Å². The molecule has 3 aliphatic heterocycles. The average Bonchev–Trinajstić information content (AvgIpc) is 3.51. The van der Waals surface area contributed by atoms with Gasteiger partial charge in [-0.15, -0.1) is 0 Å². The van der Waals surface area contributed by atoms with Gasteiger partial charge in [0.15, 0.2) is 5.82 Å². The lowest BCUT2D eigenvalue weighted by Crippen LogP contribution is -2.38. The molecule has 2 fully saturated rings. The number of hydrogen-bond acceptors (Lipinski definition) is 7. The molecule has 0 radical (unpaired) electrons. The summed E-state index contributed by atoms with van der Waals surface area (Å²) in [5, 5.41) is 0.586. The molecule has 0 spiro atoms. The molecule has 0 unspecified atom stereocenters. The fourth-order valence-corrected chi connectivity index (χ4v) is 5.19. The average molecular weight is 472 g/mol. The molecule has 0 amide bonds. The van der Waals surface area contributed by atoms with Crippen LogP contribution >= 0.6 is 11.6 Å². The molecule has 4 heterocycles. The first-order valence-corrected chi connectivity index (χ1v) is 12.7. The molecule has 8 heteroatoms. The second-order valence-corrected chi connectivity index (χ2v) is 9.46. The van der Waals surface area contributed by atoms with Gasteiger partial charge in [0.2, 0.25) is 0 Å². The van der Waals surface area contributed by atoms with Crippen molar-refractivity contribution in [1.29, 1.82) is 0 Å². The third-order valence-corrected chi connectivity index (χ3v) is 7.17. The third-order valence-electron chi connectivity index (χ3n) is 6.86. The number of nitrogens with zero attached hydrogens (tertiary/aromatic N) is 5. The van der Waals surface area contributed by atoms with Crippen LogP contribution in [0.2, 0.25) is 5.15 Å². The molecule has 33 heavy (non-hydrogen) atoms. The Hall–Kier alpha value is -1.93. The quantitative estimate of drug-likeness (QED) is 0.520. The van der Waals surface area contributed by atoms with E-state index in [4.69, 9.17) is 26.1 Å². The van der Waals surface area contributed by atoms with E-state index in [9.17, 15) is 0 Å². The Morgan fingerprint density at radius 3 is 2.42 bits per heavy atom. The van der Waals surface area contributed by atoms with Crippen molar-refractivity contribution in [1.82, 2.24) is 19.8 Å². The standard InChI is InChI=1S/C25H34ClN5O2/c26-23-22-8-13-31(12-3-11-29-9-1-2-10-29)25(22)28-24(27-23)20-4-6-21(7-5-20)33-19-16-30-14-17-32-18-15-30/h4-7H,1-3,8-19H2. The maximum absolute atomic E-state index is 6.58. The smallest absolute Gasteiger partial charge is 0.163 e. The van der Waals surface area contributed by atoms with Gasteiger partial charge in [0.05, 0.1) is 13.2 Å². The van der Waals surface area contributed by atoms with Crippen molar-refractivity contribution < 1.29 is 9.47 Å². The molecule has 2 aromatic rings. The summed E-state index contributed by atoms with van der Waals surface area (Å²) in [6.07, 6.45) is 4.77. The van der Waals surface area contributed by atoms with Gasteiger partial charge in [-0.3, -0.25) is 4.90 Å². The molecule has 0 saturated carbocycles. The summed E-state index contributed by atoms with van der Waals surface area (Å²) in [7, 11) is 0. The number of halogens is 1. The Labute approximate surface area is 201 Å². The summed E-state index contributed by atoms with van der Waals surface area (Å²) < 4.78 is 11.3. The van der Waals surface area contributed by atoms with Gasteiger partial charge in [0.1, 0.15) is 23.3 Å². The van der Waals surface area contributed by atoms with E-state index in [0.717, 1.165) is 81.5 Å². The maximum atomic E-state index is 6.58. The molecular formula is C25H34ClN5O2. The topological polar surface area (TPSA) is 54.0 Å². The summed E-state index contributed by atoms with van der Waals surface area (Å²) in [6, 6.07) is 8.03. The van der Waals surface area contributed by atoms with Crippen LogP contribution in [0.25, 0.3) is 11.4 Å². The van der Waals surface area contributed by atoms with Gasteiger partial charge >= 0.3 is 0 Å². The van der Waals surface area contributed by atoms with E-state index in [1.54, 1.807) is 0 Å². The van der Waals surface area contributed by atoms with Crippen LogP contribution < -0.4 is 9.64 Å². The predicted octanol–water partition coefficient (Wildman–Crippen LogP) is 3.36. The number of morpholine rings is 1. The largest absolute Gasteiger partial charge is 0.492 e. The van der Waals surface area contributed by atoms with Gasteiger partial charge in [0, 0.05) is 43.9 Å². The minimum atomic E-state index is 0.586. The van der Waals surface area contributed by atoms with Crippen LogP contribution in [0.3, 0.4) is 0 Å². The van der Waals surface area contributed by atoms with E-state index in [-0.39, 0.29) is 0 Å². The Bertz CT molecular complexity index is 914. The normalized spacial score (nSPS) is 19.2. The van der Waals surface area contributed by atoms with Crippen LogP contribution in [-0.2, 0) is 11.2 Å². The minimum Gasteiger partial charge on any atom is -0.492 e. The number of hydrogen-bond donors (Lipinski definition) is 0. The lowest BCUT2D eigenvalue weighted by Gasteiger charge is -2.26. The lowest BCUT2D eigenvalue weighted by atomic mass is 10.2. The Morgan fingerprint density at radius 1 is 0.879 bits per heavy atom. The molecule has 178 valence electrons. The monoisotopic (exact) mass is 471 g/mol. The van der Waals surface area contributed by atoms with Crippen molar-refractivity contribution in [2.75, 3.05) is 77.1 Å². The zero-order valence-electron chi connectivity index (χ0n) is 19.3. The highest BCUT2D eigenvalue weighted by molar-refractivity contribution is 6.30. The number of likely N-dealkylation sites (tertiary alicyclic amines) is 1. The van der Waals surface area contributed by atoms with E-state index in [1.807, 2.05) is 24.3 Å². The predicted molar refractivity (Wildman–Crippen MR) is 131 cm³/mol. The number of rotatable bonds is 9. The Balaban J connectivity index is 1.19. The van der Waals surface area contributed by atoms with Crippen LogP contribution in [0.15, 0.2) is 24.3 Å². The van der Waals surface area contributed by atoms with Crippen LogP contribution in [0.5, 0.6) is 5.75 Å². The van der Waals surface area contributed by atoms with Crippen molar-refractivity contribution >= 4 is 17.4 Å². The summed E-state index contributed by atoms with van der Waals surface area (Å²) in [6.45, 7) is 10.8. The highest BCUT2D eigenvalue weighted by atomic mass is 35.5. The van der Waals surface area contributed by atoms with Crippen molar-refractivity contribution in [3.63, 3.8) is 0 Å². The number of anilines is 1. The third kappa shape index (κ3) is 5.77. The van der Waals surface area contributed by atoms with Crippen molar-refractivity contribution in [2.24, 2.45) is 0 Å². The van der Waals surface area contributed by atoms with E-state index >= 15 is 0 Å². The molecule has 7 nitrogen and oxygen atoms in total. The lowest BCUT2D eigenvalue weighted by molar-refractivity contribution is 0.0322. The molecule has 5 rings (SSSR count). The van der Waals surface area contributed by atoms with Gasteiger partial charge in [-0.05, 0) is 69.6 Å². The molecule has 0 N–H and O–H groups in total. The van der Waals surface area contributed by atoms with Gasteiger partial charge in [-0.1, -0.05) is 11.6 Å². The molecule has 0 aliphatic carbocycles. The summed E-state index contributed by atoms with van der Waals surface area (Å²) in [5.74, 6) is 2.56. The Morgan fingerprint density at radius 2 is 1.64 bits per heavy atom. The van der Waals surface area contributed by atoms with Gasteiger partial charge in [-0.2, -0.15) is 0 Å². The molecule has 0 bridgehead atoms. The molecule has 3 aliphatic rings. The second-order valence-electron chi connectivity index (χ2n) is 9.11. The van der Waals surface area contributed by atoms with Gasteiger partial charge < -0.3 is 19.3 Å². The molecule has 1 aromatic heterocycles. The first-order valence-electron chi connectivity index (χ1n) is 12.3. The summed E-state index contributed by atoms with van der Waals surface area (Å²) >= 11 is 6.58. The minimum absolute atomic E-state index is 0.586. The van der Waals surface area contributed by atoms with Crippen LogP contribution in [0, 0.1) is 0 Å². The fraction of sp³-hybridized carbons (Fsp3) is 0.600. The van der Waals surface area contributed by atoms with Crippen molar-refractivity contribution in [2.45, 2.75) is 25.7 Å². The first kappa shape index (κ1) is 22.8. The highest BCUT2D eigenvalue weighted by Gasteiger charge is 2.25. The fourth-order valence-electron chi connectivity index (χ4n) is 4.93. The van der Waals surface area contributed by atoms with Crippen molar-refractivity contribution in [3.05, 3.63) is 35.0 Å². The van der Waals surface area contributed by atoms with Crippen LogP contribution in [0.1, 0.15) is 24.8 Å². The zero-order chi connectivity index (χ0) is 22.5. The van der Waals surface area contributed by atoms with E-state index in [2.05, 4.69) is 19.7 Å². The number of benzene rings is 1.